The van der Waals surface area contributed by atoms with Crippen LogP contribution in [0.5, 0.6) is 11.5 Å². The normalized spacial score (nSPS) is 15.9. The number of aromatic amines is 1. The number of benzene rings is 3. The van der Waals surface area contributed by atoms with Gasteiger partial charge in [0.05, 0.1) is 19.7 Å². The number of H-pyrrole nitrogens is 1. The molecule has 3 amide bonds. The van der Waals surface area contributed by atoms with Crippen LogP contribution in [-0.4, -0.2) is 73.7 Å². The molecule has 45 heavy (non-hydrogen) atoms. The number of ether oxygens (including phenoxy) is 2. The van der Waals surface area contributed by atoms with Crippen molar-refractivity contribution in [2.24, 2.45) is 0 Å². The number of fused-ring (bicyclic) bond motifs is 1. The molecule has 11 nitrogen and oxygen atoms in total. The number of carbonyl (C=O) groups is 2. The van der Waals surface area contributed by atoms with Gasteiger partial charge >= 0.3 is 6.03 Å². The predicted octanol–water partition coefficient (Wildman–Crippen LogP) is 4.29. The summed E-state index contributed by atoms with van der Waals surface area (Å²) in [7, 11) is 5.07. The SMILES string of the molecule is COc1cc(OC)c2c(=O)[nH]c(-c3ccc(N4CCC(N(C)Cc5ccc(N6CCC(=O)NC6=O)cc5F)CC4)cc3)nc2c1. The van der Waals surface area contributed by atoms with Crippen LogP contribution < -0.4 is 30.1 Å². The van der Waals surface area contributed by atoms with Crippen molar-refractivity contribution in [1.29, 1.82) is 0 Å². The maximum atomic E-state index is 15.0. The molecule has 0 unspecified atom stereocenters. The van der Waals surface area contributed by atoms with Gasteiger partial charge in [-0.05, 0) is 56.3 Å². The molecule has 0 aliphatic carbocycles. The largest absolute Gasteiger partial charge is 0.497 e. The van der Waals surface area contributed by atoms with E-state index in [1.165, 1.54) is 18.1 Å². The highest BCUT2D eigenvalue weighted by atomic mass is 19.1. The van der Waals surface area contributed by atoms with Gasteiger partial charge in [-0.25, -0.2) is 14.2 Å². The third-order valence-electron chi connectivity index (χ3n) is 8.62. The van der Waals surface area contributed by atoms with Gasteiger partial charge < -0.3 is 19.4 Å². The summed E-state index contributed by atoms with van der Waals surface area (Å²) in [5, 5.41) is 2.64. The number of imide groups is 1. The van der Waals surface area contributed by atoms with Crippen molar-refractivity contribution in [3.8, 4) is 22.9 Å². The summed E-state index contributed by atoms with van der Waals surface area (Å²) >= 11 is 0. The maximum Gasteiger partial charge on any atom is 0.328 e. The zero-order chi connectivity index (χ0) is 31.7. The van der Waals surface area contributed by atoms with Crippen molar-refractivity contribution in [1.82, 2.24) is 20.2 Å². The fraction of sp³-hybridized carbons (Fsp3) is 0.333. The second kappa shape index (κ2) is 12.6. The summed E-state index contributed by atoms with van der Waals surface area (Å²) in [4.78, 5) is 49.9. The Balaban J connectivity index is 1.08. The highest BCUT2D eigenvalue weighted by Crippen LogP contribution is 2.30. The van der Waals surface area contributed by atoms with E-state index in [0.29, 0.717) is 52.1 Å². The molecule has 234 valence electrons. The molecule has 2 aliphatic heterocycles. The number of halogens is 1. The monoisotopic (exact) mass is 614 g/mol. The molecule has 12 heteroatoms. The smallest absolute Gasteiger partial charge is 0.328 e. The van der Waals surface area contributed by atoms with Crippen LogP contribution in [0.2, 0.25) is 0 Å². The van der Waals surface area contributed by atoms with Crippen molar-refractivity contribution in [2.45, 2.75) is 31.8 Å². The fourth-order valence-corrected chi connectivity index (χ4v) is 6.06. The molecular weight excluding hydrogens is 579 g/mol. The molecule has 3 aromatic carbocycles. The molecule has 0 radical (unpaired) electrons. The number of hydrogen-bond acceptors (Lipinski definition) is 8. The average molecular weight is 615 g/mol. The lowest BCUT2D eigenvalue weighted by Crippen LogP contribution is -2.49. The number of nitrogens with zero attached hydrogens (tertiary/aromatic N) is 4. The minimum absolute atomic E-state index is 0.190. The number of rotatable bonds is 8. The summed E-state index contributed by atoms with van der Waals surface area (Å²) in [5.74, 6) is 0.725. The number of piperidine rings is 1. The molecule has 0 bridgehead atoms. The molecule has 0 atom stereocenters. The topological polar surface area (TPSA) is 120 Å². The Morgan fingerprint density at radius 3 is 2.36 bits per heavy atom. The van der Waals surface area contributed by atoms with Gasteiger partial charge in [0.15, 0.2) is 0 Å². The lowest BCUT2D eigenvalue weighted by molar-refractivity contribution is -0.120. The standard InChI is InChI=1S/C33H35FN6O5/c1-38(19-21-6-9-24(16-26(21)34)40-15-12-29(41)36-33(40)43)22-10-13-39(14-11-22)23-7-4-20(5-8-23)31-35-27-17-25(44-2)18-28(45-3)30(27)32(42)37-31/h4-9,16-18,22H,10-15,19H2,1-3H3,(H,35,37,42)(H,36,41,43). The van der Waals surface area contributed by atoms with Crippen LogP contribution in [0.4, 0.5) is 20.6 Å². The zero-order valence-electron chi connectivity index (χ0n) is 25.4. The number of anilines is 2. The van der Waals surface area contributed by atoms with E-state index in [2.05, 4.69) is 25.1 Å². The van der Waals surface area contributed by atoms with Crippen LogP contribution in [0, 0.1) is 5.82 Å². The average Bonchev–Trinajstić information content (AvgIpc) is 3.05. The van der Waals surface area contributed by atoms with Crippen LogP contribution in [-0.2, 0) is 11.3 Å². The van der Waals surface area contributed by atoms with E-state index in [0.717, 1.165) is 37.2 Å². The number of nitrogens with one attached hydrogen (secondary N) is 2. The van der Waals surface area contributed by atoms with Gasteiger partial charge in [0.1, 0.15) is 28.5 Å². The fourth-order valence-electron chi connectivity index (χ4n) is 6.06. The molecule has 0 saturated carbocycles. The lowest BCUT2D eigenvalue weighted by Gasteiger charge is -2.38. The summed E-state index contributed by atoms with van der Waals surface area (Å²) in [5.41, 5.74) is 3.07. The van der Waals surface area contributed by atoms with E-state index in [9.17, 15) is 14.4 Å². The van der Waals surface area contributed by atoms with Crippen molar-refractivity contribution in [3.63, 3.8) is 0 Å². The van der Waals surface area contributed by atoms with Gasteiger partial charge in [-0.3, -0.25) is 24.7 Å². The first-order valence-corrected chi connectivity index (χ1v) is 14.9. The Kier molecular flexibility index (Phi) is 8.40. The third-order valence-corrected chi connectivity index (χ3v) is 8.62. The third kappa shape index (κ3) is 6.18. The Hall–Kier alpha value is -4.97. The highest BCUT2D eigenvalue weighted by molar-refractivity contribution is 6.05. The van der Waals surface area contributed by atoms with Gasteiger partial charge in [0, 0.05) is 73.3 Å². The Morgan fingerprint density at radius 2 is 1.69 bits per heavy atom. The maximum absolute atomic E-state index is 15.0. The Labute approximate surface area is 259 Å². The zero-order valence-corrected chi connectivity index (χ0v) is 25.4. The summed E-state index contributed by atoms with van der Waals surface area (Å²) in [6, 6.07) is 15.9. The van der Waals surface area contributed by atoms with Gasteiger partial charge in [0.25, 0.3) is 5.56 Å². The number of methoxy groups -OCH3 is 2. The van der Waals surface area contributed by atoms with Gasteiger partial charge in [-0.15, -0.1) is 0 Å². The lowest BCUT2D eigenvalue weighted by atomic mass is 10.0. The van der Waals surface area contributed by atoms with Crippen molar-refractivity contribution in [3.05, 3.63) is 76.3 Å². The molecule has 2 saturated heterocycles. The Morgan fingerprint density at radius 1 is 0.956 bits per heavy atom. The number of hydrogen-bond donors (Lipinski definition) is 2. The van der Waals surface area contributed by atoms with Crippen LogP contribution in [0.1, 0.15) is 24.8 Å². The molecular formula is C33H35FN6O5. The van der Waals surface area contributed by atoms with E-state index >= 15 is 4.39 Å². The minimum Gasteiger partial charge on any atom is -0.497 e. The van der Waals surface area contributed by atoms with Crippen molar-refractivity contribution >= 4 is 34.2 Å². The first kappa shape index (κ1) is 30.1. The van der Waals surface area contributed by atoms with E-state index in [-0.39, 0.29) is 30.2 Å². The number of aromatic nitrogens is 2. The van der Waals surface area contributed by atoms with Crippen LogP contribution in [0.15, 0.2) is 59.4 Å². The molecule has 1 aromatic heterocycles. The second-order valence-corrected chi connectivity index (χ2v) is 11.3. The van der Waals surface area contributed by atoms with Gasteiger partial charge in [-0.2, -0.15) is 0 Å². The van der Waals surface area contributed by atoms with Crippen molar-refractivity contribution < 1.29 is 23.5 Å². The minimum atomic E-state index is -0.528. The molecule has 0 spiro atoms. The molecule has 3 heterocycles. The Bertz CT molecular complexity index is 1800. The van der Waals surface area contributed by atoms with E-state index in [1.54, 1.807) is 31.4 Å². The predicted molar refractivity (Wildman–Crippen MR) is 170 cm³/mol. The summed E-state index contributed by atoms with van der Waals surface area (Å²) < 4.78 is 25.8. The van der Waals surface area contributed by atoms with E-state index in [1.807, 2.05) is 31.3 Å². The number of carbonyl (C=O) groups excluding carboxylic acids is 2. The summed E-state index contributed by atoms with van der Waals surface area (Å²) in [6.07, 6.45) is 2.03. The van der Waals surface area contributed by atoms with Crippen LogP contribution >= 0.6 is 0 Å². The highest BCUT2D eigenvalue weighted by Gasteiger charge is 2.26. The number of urea groups is 1. The van der Waals surface area contributed by atoms with Crippen molar-refractivity contribution in [2.75, 3.05) is 50.7 Å². The second-order valence-electron chi connectivity index (χ2n) is 11.3. The molecule has 2 N–H and O–H groups in total. The van der Waals surface area contributed by atoms with Crippen LogP contribution in [0.3, 0.4) is 0 Å². The van der Waals surface area contributed by atoms with Gasteiger partial charge in [-0.1, -0.05) is 6.07 Å². The van der Waals surface area contributed by atoms with E-state index in [4.69, 9.17) is 9.47 Å². The molecule has 4 aromatic rings. The molecule has 6 rings (SSSR count). The molecule has 2 fully saturated rings. The van der Waals surface area contributed by atoms with Gasteiger partial charge in [0.2, 0.25) is 5.91 Å². The summed E-state index contributed by atoms with van der Waals surface area (Å²) in [6.45, 7) is 2.38. The molecule has 2 aliphatic rings. The quantitative estimate of drug-likeness (QED) is 0.302. The first-order valence-electron chi connectivity index (χ1n) is 14.9. The van der Waals surface area contributed by atoms with E-state index < -0.39 is 6.03 Å². The first-order chi connectivity index (χ1) is 21.7. The number of amides is 3. The van der Waals surface area contributed by atoms with Crippen LogP contribution in [0.25, 0.3) is 22.3 Å².